The van der Waals surface area contributed by atoms with Crippen LogP contribution < -0.4 is 10.8 Å². The second-order valence-corrected chi connectivity index (χ2v) is 4.28. The molecule has 4 N–H and O–H groups in total. The van der Waals surface area contributed by atoms with Crippen molar-refractivity contribution in [2.24, 2.45) is 5.73 Å². The van der Waals surface area contributed by atoms with Crippen molar-refractivity contribution in [1.82, 2.24) is 0 Å². The number of aliphatic hydroxyl groups is 1. The van der Waals surface area contributed by atoms with Gasteiger partial charge in [0.1, 0.15) is 12.6 Å². The summed E-state index contributed by atoms with van der Waals surface area (Å²) < 4.78 is 0.419. The number of nitrogens with two attached hydrogens (primary N) is 1. The van der Waals surface area contributed by atoms with Crippen LogP contribution in [-0.4, -0.2) is 67.0 Å². The van der Waals surface area contributed by atoms with Crippen LogP contribution in [0.5, 0.6) is 0 Å². The zero-order valence-electron chi connectivity index (χ0n) is 9.84. The molecule has 0 aliphatic carbocycles. The van der Waals surface area contributed by atoms with Crippen LogP contribution in [0.15, 0.2) is 0 Å². The summed E-state index contributed by atoms with van der Waals surface area (Å²) in [6.45, 7) is -0.104. The van der Waals surface area contributed by atoms with Crippen LogP contribution >= 0.6 is 0 Å². The van der Waals surface area contributed by atoms with Gasteiger partial charge in [-0.1, -0.05) is 0 Å². The summed E-state index contributed by atoms with van der Waals surface area (Å²) in [5, 5.41) is 26.1. The minimum absolute atomic E-state index is 0.0694. The van der Waals surface area contributed by atoms with Gasteiger partial charge in [0.05, 0.1) is 27.1 Å². The third-order valence-electron chi connectivity index (χ3n) is 1.36. The molecule has 0 aromatic carbocycles. The van der Waals surface area contributed by atoms with E-state index in [0.29, 0.717) is 4.48 Å². The number of carboxylic acids is 2. The van der Waals surface area contributed by atoms with Gasteiger partial charge in [-0.3, -0.25) is 4.79 Å². The highest BCUT2D eigenvalue weighted by Gasteiger charge is 2.08. The molecule has 0 amide bonds. The van der Waals surface area contributed by atoms with Gasteiger partial charge in [0.15, 0.2) is 0 Å². The molecule has 0 spiro atoms. The molecule has 0 aliphatic heterocycles. The standard InChI is InChI=1S/C5H11NO2.C4H9NO3/c1-6(2,3)4-5(7)8;5-3(1-2-6)4(7)8/h4H2,1-3H3;3,6H,1-2,5H2,(H,7,8). The molecule has 0 heterocycles. The smallest absolute Gasteiger partial charge is 0.320 e. The molecule has 96 valence electrons. The van der Waals surface area contributed by atoms with E-state index in [2.05, 4.69) is 0 Å². The normalized spacial score (nSPS) is 12.3. The molecular formula is C9H20N2O5. The molecule has 7 heteroatoms. The number of hydrogen-bond acceptors (Lipinski definition) is 5. The van der Waals surface area contributed by atoms with Gasteiger partial charge in [-0.25, -0.2) is 0 Å². The number of carbonyl (C=O) groups is 2. The number of hydrogen-bond donors (Lipinski definition) is 3. The molecule has 0 fully saturated rings. The number of aliphatic carboxylic acids is 2. The van der Waals surface area contributed by atoms with E-state index in [-0.39, 0.29) is 19.6 Å². The summed E-state index contributed by atoms with van der Waals surface area (Å²) in [4.78, 5) is 19.7. The van der Waals surface area contributed by atoms with Crippen molar-refractivity contribution < 1.29 is 29.4 Å². The monoisotopic (exact) mass is 236 g/mol. The maximum absolute atomic E-state index is 9.89. The van der Waals surface area contributed by atoms with Crippen molar-refractivity contribution in [1.29, 1.82) is 0 Å². The first-order chi connectivity index (χ1) is 7.10. The maximum Gasteiger partial charge on any atom is 0.320 e. The Morgan fingerprint density at radius 2 is 1.81 bits per heavy atom. The molecule has 0 radical (unpaired) electrons. The van der Waals surface area contributed by atoms with Gasteiger partial charge in [0.2, 0.25) is 0 Å². The van der Waals surface area contributed by atoms with E-state index in [0.717, 1.165) is 0 Å². The summed E-state index contributed by atoms with van der Waals surface area (Å²) >= 11 is 0. The van der Waals surface area contributed by atoms with Gasteiger partial charge >= 0.3 is 5.97 Å². The number of rotatable bonds is 5. The number of carboxylic acid groups (broad SMARTS) is 2. The summed E-state index contributed by atoms with van der Waals surface area (Å²) in [5.74, 6) is -2.07. The maximum atomic E-state index is 9.89. The lowest BCUT2D eigenvalue weighted by Gasteiger charge is -2.23. The lowest BCUT2D eigenvalue weighted by molar-refractivity contribution is -0.864. The molecule has 16 heavy (non-hydrogen) atoms. The molecule has 0 aromatic rings. The van der Waals surface area contributed by atoms with E-state index in [4.69, 9.17) is 15.9 Å². The van der Waals surface area contributed by atoms with Crippen LogP contribution in [0, 0.1) is 0 Å². The molecular weight excluding hydrogens is 216 g/mol. The van der Waals surface area contributed by atoms with Crippen molar-refractivity contribution in [2.75, 3.05) is 34.3 Å². The van der Waals surface area contributed by atoms with Gasteiger partial charge in [-0.15, -0.1) is 0 Å². The third kappa shape index (κ3) is 15.3. The van der Waals surface area contributed by atoms with Crippen LogP contribution in [-0.2, 0) is 9.59 Å². The highest BCUT2D eigenvalue weighted by Crippen LogP contribution is 1.85. The Morgan fingerprint density at radius 3 is 1.88 bits per heavy atom. The first kappa shape index (κ1) is 17.2. The van der Waals surface area contributed by atoms with Crippen molar-refractivity contribution in [3.8, 4) is 0 Å². The van der Waals surface area contributed by atoms with E-state index in [1.54, 1.807) is 21.1 Å². The molecule has 7 nitrogen and oxygen atoms in total. The van der Waals surface area contributed by atoms with Crippen molar-refractivity contribution in [2.45, 2.75) is 12.5 Å². The average Bonchev–Trinajstić information content (AvgIpc) is 2.00. The van der Waals surface area contributed by atoms with Gasteiger partial charge in [-0.05, 0) is 6.42 Å². The van der Waals surface area contributed by atoms with Gasteiger partial charge in [0.25, 0.3) is 0 Å². The summed E-state index contributed by atoms with van der Waals surface area (Å²) in [5.41, 5.74) is 4.97. The molecule has 0 bridgehead atoms. The van der Waals surface area contributed by atoms with E-state index in [9.17, 15) is 14.7 Å². The van der Waals surface area contributed by atoms with E-state index < -0.39 is 18.0 Å². The zero-order valence-corrected chi connectivity index (χ0v) is 9.84. The first-order valence-corrected chi connectivity index (χ1v) is 4.69. The second-order valence-electron chi connectivity index (χ2n) is 4.28. The van der Waals surface area contributed by atoms with E-state index in [1.165, 1.54) is 0 Å². The summed E-state index contributed by atoms with van der Waals surface area (Å²) in [6.07, 6.45) is 0.120. The van der Waals surface area contributed by atoms with Crippen molar-refractivity contribution >= 4 is 11.9 Å². The second kappa shape index (κ2) is 8.03. The molecule has 0 saturated heterocycles. The molecule has 0 aliphatic rings. The Hall–Kier alpha value is -1.18. The molecule has 0 rings (SSSR count). The Bertz CT molecular complexity index is 224. The Kier molecular flexibility index (Phi) is 8.64. The Balaban J connectivity index is 0. The third-order valence-corrected chi connectivity index (χ3v) is 1.36. The Labute approximate surface area is 94.7 Å². The number of likely N-dealkylation sites (N-methyl/N-ethyl adjacent to an activating group) is 1. The van der Waals surface area contributed by atoms with Crippen molar-refractivity contribution in [3.05, 3.63) is 0 Å². The number of carbonyl (C=O) groups excluding carboxylic acids is 1. The highest BCUT2D eigenvalue weighted by atomic mass is 16.4. The molecule has 1 atom stereocenters. The molecule has 0 saturated carbocycles. The van der Waals surface area contributed by atoms with Crippen LogP contribution in [0.4, 0.5) is 0 Å². The van der Waals surface area contributed by atoms with Crippen molar-refractivity contribution in [3.63, 3.8) is 0 Å². The molecule has 0 aromatic heterocycles. The van der Waals surface area contributed by atoms with Gasteiger partial charge in [0, 0.05) is 6.61 Å². The molecule has 1 unspecified atom stereocenters. The largest absolute Gasteiger partial charge is 0.544 e. The van der Waals surface area contributed by atoms with E-state index in [1.807, 2.05) is 0 Å². The lowest BCUT2D eigenvalue weighted by atomic mass is 10.2. The fourth-order valence-electron chi connectivity index (χ4n) is 0.650. The van der Waals surface area contributed by atoms with Gasteiger partial charge < -0.3 is 30.3 Å². The number of quaternary nitrogens is 1. The fraction of sp³-hybridized carbons (Fsp3) is 0.778. The topological polar surface area (TPSA) is 124 Å². The quantitative estimate of drug-likeness (QED) is 0.444. The zero-order chi connectivity index (χ0) is 13.4. The lowest BCUT2D eigenvalue weighted by Crippen LogP contribution is -2.45. The van der Waals surface area contributed by atoms with Gasteiger partial charge in [-0.2, -0.15) is 0 Å². The number of aliphatic hydroxyl groups excluding tert-OH is 1. The van der Waals surface area contributed by atoms with Crippen LogP contribution in [0.1, 0.15) is 6.42 Å². The summed E-state index contributed by atoms with van der Waals surface area (Å²) in [7, 11) is 5.40. The highest BCUT2D eigenvalue weighted by molar-refractivity contribution is 5.72. The van der Waals surface area contributed by atoms with E-state index >= 15 is 0 Å². The number of nitrogens with zero attached hydrogens (tertiary/aromatic N) is 1. The predicted octanol–water partition coefficient (Wildman–Crippen LogP) is -2.78. The van der Waals surface area contributed by atoms with Crippen LogP contribution in [0.3, 0.4) is 0 Å². The van der Waals surface area contributed by atoms with Crippen LogP contribution in [0.2, 0.25) is 0 Å². The minimum atomic E-state index is -1.07. The predicted molar refractivity (Wildman–Crippen MR) is 55.2 cm³/mol. The SMILES string of the molecule is C[N+](C)(C)CC(=O)[O-].NC(CCO)C(=O)O. The minimum Gasteiger partial charge on any atom is -0.544 e. The first-order valence-electron chi connectivity index (χ1n) is 4.69. The fourth-order valence-corrected chi connectivity index (χ4v) is 0.650. The van der Waals surface area contributed by atoms with Crippen LogP contribution in [0.25, 0.3) is 0 Å². The average molecular weight is 236 g/mol. The Morgan fingerprint density at radius 1 is 1.38 bits per heavy atom. The summed E-state index contributed by atoms with van der Waals surface area (Å²) in [6, 6.07) is -0.917.